The van der Waals surface area contributed by atoms with Gasteiger partial charge < -0.3 is 29.9 Å². The molecule has 196 valence electrons. The second-order valence-electron chi connectivity index (χ2n) is 9.18. The van der Waals surface area contributed by atoms with Crippen molar-refractivity contribution < 1.29 is 29.3 Å². The van der Waals surface area contributed by atoms with Gasteiger partial charge in [-0.05, 0) is 81.6 Å². The minimum atomic E-state index is -1.11. The van der Waals surface area contributed by atoms with Gasteiger partial charge in [0.2, 0.25) is 5.91 Å². The highest BCUT2D eigenvalue weighted by molar-refractivity contribution is 5.92. The van der Waals surface area contributed by atoms with Gasteiger partial charge in [-0.2, -0.15) is 0 Å². The van der Waals surface area contributed by atoms with Gasteiger partial charge in [0, 0.05) is 18.7 Å². The highest BCUT2D eigenvalue weighted by atomic mass is 16.5. The van der Waals surface area contributed by atoms with E-state index in [-0.39, 0.29) is 17.2 Å². The lowest BCUT2D eigenvalue weighted by atomic mass is 9.87. The Bertz CT molecular complexity index is 1010. The van der Waals surface area contributed by atoms with Gasteiger partial charge in [-0.3, -0.25) is 4.79 Å². The van der Waals surface area contributed by atoms with Gasteiger partial charge in [0.1, 0.15) is 17.9 Å². The molecule has 0 heterocycles. The van der Waals surface area contributed by atoms with Gasteiger partial charge in [0.05, 0.1) is 7.11 Å². The summed E-state index contributed by atoms with van der Waals surface area (Å²) in [5.41, 5.74) is 0.844. The SMILES string of the molecule is COc1cc(/C=C/C(=O)N[C@H]2CC[C@H](C)CC2)ccc1OCCN(C)C.O=C(O)c1ccccc1O. The van der Waals surface area contributed by atoms with Crippen LogP contribution in [0.1, 0.15) is 48.5 Å². The number of carboxylic acid groups (broad SMARTS) is 1. The molecule has 3 N–H and O–H groups in total. The van der Waals surface area contributed by atoms with Crippen LogP contribution in [0.15, 0.2) is 48.5 Å². The first kappa shape index (κ1) is 28.7. The first-order valence-electron chi connectivity index (χ1n) is 12.1. The van der Waals surface area contributed by atoms with E-state index >= 15 is 0 Å². The van der Waals surface area contributed by atoms with Gasteiger partial charge in [0.15, 0.2) is 11.5 Å². The van der Waals surface area contributed by atoms with E-state index in [1.807, 2.05) is 38.4 Å². The molecule has 1 saturated carbocycles. The van der Waals surface area contributed by atoms with Gasteiger partial charge >= 0.3 is 5.97 Å². The fourth-order valence-electron chi connectivity index (χ4n) is 3.73. The van der Waals surface area contributed by atoms with Crippen LogP contribution in [-0.2, 0) is 4.79 Å². The molecule has 0 aromatic heterocycles. The smallest absolute Gasteiger partial charge is 0.339 e. The Morgan fingerprint density at radius 2 is 1.78 bits per heavy atom. The minimum absolute atomic E-state index is 0.0326. The molecule has 2 aromatic rings. The van der Waals surface area contributed by atoms with E-state index < -0.39 is 5.97 Å². The number of phenols is 1. The number of carbonyl (C=O) groups is 2. The van der Waals surface area contributed by atoms with E-state index in [1.54, 1.807) is 25.3 Å². The number of amides is 1. The van der Waals surface area contributed by atoms with Crippen LogP contribution >= 0.6 is 0 Å². The highest BCUT2D eigenvalue weighted by Crippen LogP contribution is 2.28. The largest absolute Gasteiger partial charge is 0.507 e. The third-order valence-electron chi connectivity index (χ3n) is 5.91. The molecule has 0 bridgehead atoms. The zero-order valence-corrected chi connectivity index (χ0v) is 21.6. The standard InChI is InChI=1S/C21H32N2O3.C7H6O3/c1-16-5-9-18(10-6-16)22-21(24)12-8-17-7-11-19(20(15-17)25-4)26-14-13-23(2)3;8-6-4-2-1-3-5(6)7(9)10/h7-8,11-12,15-16,18H,5-6,9-10,13-14H2,1-4H3,(H,22,24);1-4,8H,(H,9,10)/b12-8+;/t16-,18-;. The predicted octanol–water partition coefficient (Wildman–Crippen LogP) is 4.43. The Kier molecular flexibility index (Phi) is 11.8. The molecule has 0 atom stereocenters. The fraction of sp³-hybridized carbons (Fsp3) is 0.429. The summed E-state index contributed by atoms with van der Waals surface area (Å²) in [6, 6.07) is 11.8. The zero-order chi connectivity index (χ0) is 26.5. The van der Waals surface area contributed by atoms with E-state index in [1.165, 1.54) is 25.0 Å². The van der Waals surface area contributed by atoms with E-state index in [0.717, 1.165) is 30.9 Å². The maximum atomic E-state index is 12.1. The van der Waals surface area contributed by atoms with Gasteiger partial charge in [0.25, 0.3) is 0 Å². The number of ether oxygens (including phenoxy) is 2. The Morgan fingerprint density at radius 3 is 2.36 bits per heavy atom. The van der Waals surface area contributed by atoms with Crippen molar-refractivity contribution >= 4 is 18.0 Å². The number of hydrogen-bond acceptors (Lipinski definition) is 6. The second-order valence-corrected chi connectivity index (χ2v) is 9.18. The summed E-state index contributed by atoms with van der Waals surface area (Å²) in [6.07, 6.45) is 7.95. The molecule has 1 aliphatic carbocycles. The number of likely N-dealkylation sites (N-methyl/N-ethyl adjacent to an activating group) is 1. The lowest BCUT2D eigenvalue weighted by molar-refractivity contribution is -0.117. The van der Waals surface area contributed by atoms with Crippen molar-refractivity contribution in [1.29, 1.82) is 0 Å². The molecule has 1 aliphatic rings. The normalized spacial score (nSPS) is 17.2. The van der Waals surface area contributed by atoms with Crippen LogP contribution in [0.25, 0.3) is 6.08 Å². The summed E-state index contributed by atoms with van der Waals surface area (Å²) in [4.78, 5) is 24.5. The molecule has 8 nitrogen and oxygen atoms in total. The van der Waals surface area contributed by atoms with Crippen molar-refractivity contribution in [3.63, 3.8) is 0 Å². The third kappa shape index (κ3) is 10.00. The molecule has 0 radical (unpaired) electrons. The third-order valence-corrected chi connectivity index (χ3v) is 5.91. The number of nitrogens with zero attached hydrogens (tertiary/aromatic N) is 1. The van der Waals surface area contributed by atoms with Crippen molar-refractivity contribution in [3.05, 3.63) is 59.7 Å². The zero-order valence-electron chi connectivity index (χ0n) is 21.6. The number of nitrogens with one attached hydrogen (secondary N) is 1. The highest BCUT2D eigenvalue weighted by Gasteiger charge is 2.18. The first-order valence-corrected chi connectivity index (χ1v) is 12.1. The maximum absolute atomic E-state index is 12.1. The second kappa shape index (κ2) is 14.8. The van der Waals surface area contributed by atoms with Crippen LogP contribution in [0.3, 0.4) is 0 Å². The van der Waals surface area contributed by atoms with Crippen molar-refractivity contribution in [1.82, 2.24) is 10.2 Å². The summed E-state index contributed by atoms with van der Waals surface area (Å²) in [5.74, 6) is 0.826. The van der Waals surface area contributed by atoms with Gasteiger partial charge in [-0.25, -0.2) is 4.79 Å². The Hall–Kier alpha value is -3.52. The van der Waals surface area contributed by atoms with Crippen molar-refractivity contribution in [3.8, 4) is 17.2 Å². The molecule has 2 aromatic carbocycles. The number of rotatable bonds is 9. The first-order chi connectivity index (χ1) is 17.2. The average molecular weight is 499 g/mol. The van der Waals surface area contributed by atoms with Crippen LogP contribution in [-0.4, -0.2) is 67.4 Å². The molecule has 0 aliphatic heterocycles. The number of carbonyl (C=O) groups excluding carboxylic acids is 1. The summed E-state index contributed by atoms with van der Waals surface area (Å²) in [5, 5.41) is 20.4. The average Bonchev–Trinajstić information content (AvgIpc) is 2.85. The lowest BCUT2D eigenvalue weighted by Crippen LogP contribution is -2.36. The molecule has 0 unspecified atom stereocenters. The number of carboxylic acids is 1. The van der Waals surface area contributed by atoms with Crippen LogP contribution < -0.4 is 14.8 Å². The molecule has 36 heavy (non-hydrogen) atoms. The molecule has 1 amide bonds. The Labute approximate surface area is 213 Å². The maximum Gasteiger partial charge on any atom is 0.339 e. The predicted molar refractivity (Wildman–Crippen MR) is 141 cm³/mol. The van der Waals surface area contributed by atoms with E-state index in [4.69, 9.17) is 19.7 Å². The van der Waals surface area contributed by atoms with E-state index in [2.05, 4.69) is 17.1 Å². The van der Waals surface area contributed by atoms with Crippen molar-refractivity contribution in [2.45, 2.75) is 38.6 Å². The summed E-state index contributed by atoms with van der Waals surface area (Å²) in [6.45, 7) is 3.71. The van der Waals surface area contributed by atoms with Gasteiger partial charge in [-0.1, -0.05) is 25.1 Å². The molecule has 1 fully saturated rings. The summed E-state index contributed by atoms with van der Waals surface area (Å²) >= 11 is 0. The number of aromatic carboxylic acids is 1. The van der Waals surface area contributed by atoms with Crippen LogP contribution in [0.4, 0.5) is 0 Å². The number of benzene rings is 2. The van der Waals surface area contributed by atoms with Crippen molar-refractivity contribution in [2.75, 3.05) is 34.4 Å². The number of hydrogen-bond donors (Lipinski definition) is 3. The molecular weight excluding hydrogens is 460 g/mol. The van der Waals surface area contributed by atoms with Crippen LogP contribution in [0, 0.1) is 5.92 Å². The van der Waals surface area contributed by atoms with Gasteiger partial charge in [-0.15, -0.1) is 0 Å². The van der Waals surface area contributed by atoms with Crippen LogP contribution in [0.2, 0.25) is 0 Å². The minimum Gasteiger partial charge on any atom is -0.507 e. The molecular formula is C28H38N2O6. The van der Waals surface area contributed by atoms with E-state index in [9.17, 15) is 9.59 Å². The molecule has 3 rings (SSSR count). The fourth-order valence-corrected chi connectivity index (χ4v) is 3.73. The quantitative estimate of drug-likeness (QED) is 0.439. The Balaban J connectivity index is 0.000000380. The molecule has 0 spiro atoms. The molecule has 0 saturated heterocycles. The Morgan fingerprint density at radius 1 is 1.08 bits per heavy atom. The number of methoxy groups -OCH3 is 1. The number of aromatic hydroxyl groups is 1. The van der Waals surface area contributed by atoms with Crippen LogP contribution in [0.5, 0.6) is 17.2 Å². The molecule has 8 heteroatoms. The lowest BCUT2D eigenvalue weighted by Gasteiger charge is -2.26. The summed E-state index contributed by atoms with van der Waals surface area (Å²) < 4.78 is 11.2. The van der Waals surface area contributed by atoms with E-state index in [0.29, 0.717) is 24.1 Å². The monoisotopic (exact) mass is 498 g/mol. The topological polar surface area (TPSA) is 108 Å². The number of para-hydroxylation sites is 1. The summed E-state index contributed by atoms with van der Waals surface area (Å²) in [7, 11) is 5.64. The van der Waals surface area contributed by atoms with Crippen molar-refractivity contribution in [2.24, 2.45) is 5.92 Å².